The average molecular weight is 524 g/mol. The van der Waals surface area contributed by atoms with Gasteiger partial charge in [0.2, 0.25) is 0 Å². The monoisotopic (exact) mass is 523 g/mol. The van der Waals surface area contributed by atoms with E-state index in [1.165, 1.54) is 7.11 Å². The summed E-state index contributed by atoms with van der Waals surface area (Å²) < 4.78 is 5.41. The smallest absolute Gasteiger partial charge is 0.312 e. The highest BCUT2D eigenvalue weighted by Gasteiger charge is 2.59. The number of nitriles is 1. The number of allylic oxidation sites excluding steroid dienone is 4. The zero-order valence-electron chi connectivity index (χ0n) is 25.4. The van der Waals surface area contributed by atoms with Crippen LogP contribution in [0, 0.1) is 56.2 Å². The maximum atomic E-state index is 13.3. The number of esters is 1. The molecule has 1 unspecified atom stereocenters. The second-order valence-corrected chi connectivity index (χ2v) is 14.6. The molecule has 0 spiro atoms. The van der Waals surface area contributed by atoms with Crippen LogP contribution in [0.1, 0.15) is 107 Å². The Morgan fingerprint density at radius 2 is 1.79 bits per heavy atom. The van der Waals surface area contributed by atoms with Gasteiger partial charge in [0.1, 0.15) is 6.07 Å². The molecule has 0 aromatic carbocycles. The summed E-state index contributed by atoms with van der Waals surface area (Å²) in [6.45, 7) is 19.2. The fourth-order valence-electron chi connectivity index (χ4n) is 8.46. The van der Waals surface area contributed by atoms with E-state index in [1.54, 1.807) is 13.0 Å². The molecule has 0 saturated heterocycles. The van der Waals surface area contributed by atoms with Crippen LogP contribution in [-0.4, -0.2) is 24.6 Å². The van der Waals surface area contributed by atoms with Crippen molar-refractivity contribution in [2.75, 3.05) is 7.11 Å². The van der Waals surface area contributed by atoms with E-state index in [2.05, 4.69) is 54.5 Å². The third-order valence-electron chi connectivity index (χ3n) is 11.4. The van der Waals surface area contributed by atoms with Gasteiger partial charge in [-0.1, -0.05) is 67.0 Å². The van der Waals surface area contributed by atoms with E-state index in [0.29, 0.717) is 0 Å². The molecule has 0 heterocycles. The summed E-state index contributed by atoms with van der Waals surface area (Å²) in [6.07, 6.45) is 9.68. The van der Waals surface area contributed by atoms with Gasteiger partial charge in [0.15, 0.2) is 11.6 Å². The largest absolute Gasteiger partial charge is 0.469 e. The van der Waals surface area contributed by atoms with Gasteiger partial charge < -0.3 is 4.74 Å². The van der Waals surface area contributed by atoms with Crippen LogP contribution in [-0.2, 0) is 19.1 Å². The first-order valence-corrected chi connectivity index (χ1v) is 14.4. The van der Waals surface area contributed by atoms with Gasteiger partial charge in [-0.15, -0.1) is 0 Å². The highest BCUT2D eigenvalue weighted by molar-refractivity contribution is 6.02. The Kier molecular flexibility index (Phi) is 8.04. The van der Waals surface area contributed by atoms with Crippen LogP contribution >= 0.6 is 0 Å². The van der Waals surface area contributed by atoms with Crippen LogP contribution in [0.25, 0.3) is 0 Å². The molecule has 0 N–H and O–H groups in total. The molecule has 3 rings (SSSR count). The fraction of sp³-hybridized carbons (Fsp3) is 0.758. The summed E-state index contributed by atoms with van der Waals surface area (Å²) in [5.41, 5.74) is -0.231. The number of carbonyl (C=O) groups excluding carboxylic acids is 3. The number of hydrogen-bond donors (Lipinski definition) is 0. The highest BCUT2D eigenvalue weighted by Crippen LogP contribution is 2.65. The molecule has 0 bridgehead atoms. The van der Waals surface area contributed by atoms with E-state index < -0.39 is 10.8 Å². The second-order valence-electron chi connectivity index (χ2n) is 14.6. The number of hydrogen-bond acceptors (Lipinski definition) is 5. The van der Waals surface area contributed by atoms with E-state index in [0.717, 1.165) is 50.5 Å². The number of ketones is 2. The van der Waals surface area contributed by atoms with Crippen LogP contribution in [0.3, 0.4) is 0 Å². The number of fused-ring (bicyclic) bond motifs is 1. The Labute approximate surface area is 230 Å². The lowest BCUT2D eigenvalue weighted by Gasteiger charge is -2.59. The minimum atomic E-state index is -0.559. The summed E-state index contributed by atoms with van der Waals surface area (Å²) in [5, 5.41) is 9.77. The molecule has 210 valence electrons. The van der Waals surface area contributed by atoms with E-state index in [-0.39, 0.29) is 57.1 Å². The third kappa shape index (κ3) is 4.82. The minimum Gasteiger partial charge on any atom is -0.469 e. The summed E-state index contributed by atoms with van der Waals surface area (Å²) in [4.78, 5) is 38.9. The molecule has 3 aliphatic carbocycles. The minimum absolute atomic E-state index is 0.0190. The van der Waals surface area contributed by atoms with Gasteiger partial charge in [-0.25, -0.2) is 0 Å². The molecule has 0 aromatic heterocycles. The number of carbonyl (C=O) groups is 3. The standard InChI is InChI=1S/C33H49NO4/c1-21-18-29(4,5)13-15-33(21,28(37)38-10)16-14-30(6,7)32(9)12-11-25-23(3)27(36)24(20-34)19-31(25,8)26(32)17-22(2)35/h17,19,21,23,25H,11-16,18H2,1-10H3/b26-17-/t21?,23-,25-,31-,32+,33-/m0/s1. The van der Waals surface area contributed by atoms with Crippen molar-refractivity contribution in [2.24, 2.45) is 44.8 Å². The molecule has 0 radical (unpaired) electrons. The number of ether oxygens (including phenoxy) is 1. The fourth-order valence-corrected chi connectivity index (χ4v) is 8.46. The van der Waals surface area contributed by atoms with E-state index in [4.69, 9.17) is 4.74 Å². The Morgan fingerprint density at radius 1 is 1.16 bits per heavy atom. The van der Waals surface area contributed by atoms with Crippen molar-refractivity contribution in [1.29, 1.82) is 5.26 Å². The number of Topliss-reactive ketones (excluding diaryl/α,β-unsaturated/α-hetero) is 1. The van der Waals surface area contributed by atoms with Gasteiger partial charge in [-0.2, -0.15) is 5.26 Å². The van der Waals surface area contributed by atoms with E-state index >= 15 is 0 Å². The van der Waals surface area contributed by atoms with E-state index in [1.807, 2.05) is 13.0 Å². The quantitative estimate of drug-likeness (QED) is 0.267. The molecule has 2 fully saturated rings. The first-order valence-electron chi connectivity index (χ1n) is 14.4. The van der Waals surface area contributed by atoms with Crippen LogP contribution in [0.5, 0.6) is 0 Å². The van der Waals surface area contributed by atoms with Crippen molar-refractivity contribution < 1.29 is 19.1 Å². The van der Waals surface area contributed by atoms with Crippen LogP contribution in [0.2, 0.25) is 0 Å². The van der Waals surface area contributed by atoms with Crippen LogP contribution in [0.4, 0.5) is 0 Å². The van der Waals surface area contributed by atoms with Gasteiger partial charge >= 0.3 is 5.97 Å². The lowest BCUT2D eigenvalue weighted by atomic mass is 9.44. The molecule has 5 nitrogen and oxygen atoms in total. The molecule has 5 heteroatoms. The van der Waals surface area contributed by atoms with Gasteiger partial charge in [0.05, 0.1) is 18.1 Å². The van der Waals surface area contributed by atoms with Crippen molar-refractivity contribution >= 4 is 17.5 Å². The molecule has 6 atom stereocenters. The Hall–Kier alpha value is -2.22. The number of nitrogens with zero attached hydrogens (tertiary/aromatic N) is 1. The second kappa shape index (κ2) is 10.1. The summed E-state index contributed by atoms with van der Waals surface area (Å²) >= 11 is 0. The molecular weight excluding hydrogens is 474 g/mol. The Morgan fingerprint density at radius 3 is 2.32 bits per heavy atom. The molecule has 0 aliphatic heterocycles. The first kappa shape index (κ1) is 30.3. The molecule has 38 heavy (non-hydrogen) atoms. The maximum absolute atomic E-state index is 13.3. The highest BCUT2D eigenvalue weighted by atomic mass is 16.5. The zero-order valence-corrected chi connectivity index (χ0v) is 25.4. The number of methoxy groups -OCH3 is 1. The van der Waals surface area contributed by atoms with Crippen molar-refractivity contribution in [2.45, 2.75) is 107 Å². The molecule has 2 saturated carbocycles. The van der Waals surface area contributed by atoms with Crippen molar-refractivity contribution in [3.05, 3.63) is 23.3 Å². The van der Waals surface area contributed by atoms with Gasteiger partial charge in [-0.3, -0.25) is 14.4 Å². The Balaban J connectivity index is 2.05. The molecule has 3 aliphatic rings. The third-order valence-corrected chi connectivity index (χ3v) is 11.4. The predicted molar refractivity (Wildman–Crippen MR) is 150 cm³/mol. The SMILES string of the molecule is COC(=O)[C@]1(CCC(C)(C)[C@]2(C)CC[C@H]3[C@H](C)C(=O)C(C#N)=C[C@]3(C)/C2=C/C(C)=O)CCC(C)(C)CC1C. The summed E-state index contributed by atoms with van der Waals surface area (Å²) in [5.74, 6) is -0.212. The van der Waals surface area contributed by atoms with E-state index in [9.17, 15) is 19.6 Å². The lowest BCUT2D eigenvalue weighted by Crippen LogP contribution is -2.53. The average Bonchev–Trinajstić information content (AvgIpc) is 2.82. The topological polar surface area (TPSA) is 84.2 Å². The van der Waals surface area contributed by atoms with Crippen LogP contribution in [0.15, 0.2) is 23.3 Å². The number of rotatable bonds is 6. The first-order chi connectivity index (χ1) is 17.4. The van der Waals surface area contributed by atoms with Crippen molar-refractivity contribution in [3.63, 3.8) is 0 Å². The summed E-state index contributed by atoms with van der Waals surface area (Å²) in [7, 11) is 1.50. The lowest BCUT2D eigenvalue weighted by molar-refractivity contribution is -0.162. The maximum Gasteiger partial charge on any atom is 0.312 e. The predicted octanol–water partition coefficient (Wildman–Crippen LogP) is 7.41. The molecule has 0 amide bonds. The zero-order chi connectivity index (χ0) is 28.9. The van der Waals surface area contributed by atoms with Gasteiger partial charge in [0, 0.05) is 11.3 Å². The van der Waals surface area contributed by atoms with Gasteiger partial charge in [-0.05, 0) is 86.0 Å². The molecule has 0 aromatic rings. The van der Waals surface area contributed by atoms with Crippen LogP contribution < -0.4 is 0 Å². The van der Waals surface area contributed by atoms with Gasteiger partial charge in [0.25, 0.3) is 0 Å². The Bertz CT molecular complexity index is 1100. The normalized spacial score (nSPS) is 38.1. The summed E-state index contributed by atoms with van der Waals surface area (Å²) in [6, 6.07) is 2.13. The molecular formula is C33H49NO4. The van der Waals surface area contributed by atoms with Crippen molar-refractivity contribution in [3.8, 4) is 6.07 Å². The van der Waals surface area contributed by atoms with Crippen molar-refractivity contribution in [1.82, 2.24) is 0 Å².